The Labute approximate surface area is 178 Å². The first-order valence-corrected chi connectivity index (χ1v) is 11.2. The van der Waals surface area contributed by atoms with E-state index in [1.165, 1.54) is 33.6 Å². The summed E-state index contributed by atoms with van der Waals surface area (Å²) in [5.74, 6) is -0.463. The lowest BCUT2D eigenvalue weighted by atomic mass is 10.2. The highest BCUT2D eigenvalue weighted by atomic mass is 32.2. The van der Waals surface area contributed by atoms with Gasteiger partial charge in [-0.2, -0.15) is 0 Å². The Balaban J connectivity index is 1.61. The molecule has 0 fully saturated rings. The number of aromatic nitrogens is 4. The van der Waals surface area contributed by atoms with E-state index < -0.39 is 5.97 Å². The van der Waals surface area contributed by atoms with Crippen LogP contribution in [0.25, 0.3) is 15.9 Å². The second-order valence-electron chi connectivity index (χ2n) is 6.64. The summed E-state index contributed by atoms with van der Waals surface area (Å²) in [6.07, 6.45) is 2.78. The Morgan fingerprint density at radius 1 is 1.17 bits per heavy atom. The molecule has 0 saturated carbocycles. The van der Waals surface area contributed by atoms with Gasteiger partial charge in [0.2, 0.25) is 0 Å². The smallest absolute Gasteiger partial charge is 0.303 e. The van der Waals surface area contributed by atoms with Gasteiger partial charge < -0.3 is 5.11 Å². The van der Waals surface area contributed by atoms with Gasteiger partial charge in [0.05, 0.1) is 11.2 Å². The summed E-state index contributed by atoms with van der Waals surface area (Å²) < 4.78 is 3.65. The van der Waals surface area contributed by atoms with E-state index in [0.717, 1.165) is 0 Å². The van der Waals surface area contributed by atoms with Crippen LogP contribution in [0.5, 0.6) is 0 Å². The molecule has 30 heavy (non-hydrogen) atoms. The SMILES string of the molecule is O=C(O)CCCCn1c(SCc2cc(=O)n3ccccc3n2)nc2ccsc2c1=O. The summed E-state index contributed by atoms with van der Waals surface area (Å²) in [6.45, 7) is 0.392. The molecule has 10 heteroatoms. The van der Waals surface area contributed by atoms with E-state index in [9.17, 15) is 14.4 Å². The highest BCUT2D eigenvalue weighted by Gasteiger charge is 2.14. The fourth-order valence-electron chi connectivity index (χ4n) is 3.09. The largest absolute Gasteiger partial charge is 0.481 e. The molecule has 8 nitrogen and oxygen atoms in total. The molecule has 4 aromatic rings. The zero-order chi connectivity index (χ0) is 21.1. The van der Waals surface area contributed by atoms with Gasteiger partial charge >= 0.3 is 5.97 Å². The highest BCUT2D eigenvalue weighted by Crippen LogP contribution is 2.23. The molecule has 0 spiro atoms. The number of thiophene rings is 1. The van der Waals surface area contributed by atoms with Crippen LogP contribution in [-0.2, 0) is 17.1 Å². The molecule has 0 aliphatic carbocycles. The van der Waals surface area contributed by atoms with Gasteiger partial charge in [-0.25, -0.2) is 9.97 Å². The lowest BCUT2D eigenvalue weighted by Gasteiger charge is -2.12. The maximum Gasteiger partial charge on any atom is 0.303 e. The number of nitrogens with zero attached hydrogens (tertiary/aromatic N) is 4. The van der Waals surface area contributed by atoms with Gasteiger partial charge in [-0.1, -0.05) is 17.8 Å². The third kappa shape index (κ3) is 4.29. The van der Waals surface area contributed by atoms with Crippen LogP contribution < -0.4 is 11.1 Å². The number of aliphatic carboxylic acids is 1. The van der Waals surface area contributed by atoms with Crippen molar-refractivity contribution in [1.29, 1.82) is 0 Å². The standard InChI is InChI=1S/C20H18N4O4S2/c25-16-11-13(21-15-5-1-3-8-23(15)16)12-30-20-22-14-7-10-29-18(14)19(28)24(20)9-4-2-6-17(26)27/h1,3,5,7-8,10-11H,2,4,6,9,12H2,(H,26,27). The molecular weight excluding hydrogens is 424 g/mol. The molecule has 0 bridgehead atoms. The Kier molecular flexibility index (Phi) is 5.96. The summed E-state index contributed by atoms with van der Waals surface area (Å²) in [5.41, 5.74) is 1.52. The fraction of sp³-hybridized carbons (Fsp3) is 0.250. The third-order valence-corrected chi connectivity index (χ3v) is 6.43. The number of carboxylic acids is 1. The first kappa shape index (κ1) is 20.3. The van der Waals surface area contributed by atoms with Crippen LogP contribution in [0.4, 0.5) is 0 Å². The van der Waals surface area contributed by atoms with Crippen molar-refractivity contribution in [3.63, 3.8) is 0 Å². The zero-order valence-electron chi connectivity index (χ0n) is 15.9. The van der Waals surface area contributed by atoms with Crippen molar-refractivity contribution in [2.75, 3.05) is 0 Å². The number of rotatable bonds is 8. The number of thioether (sulfide) groups is 1. The molecule has 0 radical (unpaired) electrons. The van der Waals surface area contributed by atoms with Crippen molar-refractivity contribution in [3.05, 3.63) is 68.3 Å². The summed E-state index contributed by atoms with van der Waals surface area (Å²) in [5, 5.41) is 11.2. The maximum atomic E-state index is 12.9. The number of carbonyl (C=O) groups is 1. The van der Waals surface area contributed by atoms with Crippen molar-refractivity contribution in [2.45, 2.75) is 36.7 Å². The van der Waals surface area contributed by atoms with E-state index in [-0.39, 0.29) is 17.5 Å². The van der Waals surface area contributed by atoms with Crippen molar-refractivity contribution < 1.29 is 9.90 Å². The van der Waals surface area contributed by atoms with Crippen LogP contribution in [0.3, 0.4) is 0 Å². The second-order valence-corrected chi connectivity index (χ2v) is 8.50. The summed E-state index contributed by atoms with van der Waals surface area (Å²) >= 11 is 2.69. The van der Waals surface area contributed by atoms with Gasteiger partial charge in [-0.15, -0.1) is 11.3 Å². The van der Waals surface area contributed by atoms with Gasteiger partial charge in [-0.3, -0.25) is 23.4 Å². The normalized spacial score (nSPS) is 11.3. The molecule has 154 valence electrons. The Bertz CT molecular complexity index is 1340. The molecule has 0 saturated heterocycles. The number of unbranched alkanes of at least 4 members (excludes halogenated alkanes) is 1. The minimum absolute atomic E-state index is 0.0663. The quantitative estimate of drug-likeness (QED) is 0.254. The summed E-state index contributed by atoms with van der Waals surface area (Å²) in [7, 11) is 0. The summed E-state index contributed by atoms with van der Waals surface area (Å²) in [4.78, 5) is 45.1. The van der Waals surface area contributed by atoms with Crippen LogP contribution in [-0.4, -0.2) is 30.0 Å². The fourth-order valence-corrected chi connectivity index (χ4v) is 4.79. The number of hydrogen-bond donors (Lipinski definition) is 1. The van der Waals surface area contributed by atoms with Gasteiger partial charge in [0.25, 0.3) is 11.1 Å². The third-order valence-electron chi connectivity index (χ3n) is 4.53. The Morgan fingerprint density at radius 2 is 2.03 bits per heavy atom. The molecule has 0 atom stereocenters. The predicted octanol–water partition coefficient (Wildman–Crippen LogP) is 3.01. The van der Waals surface area contributed by atoms with E-state index in [4.69, 9.17) is 5.11 Å². The van der Waals surface area contributed by atoms with Crippen LogP contribution >= 0.6 is 23.1 Å². The van der Waals surface area contributed by atoms with E-state index >= 15 is 0 Å². The molecule has 4 heterocycles. The lowest BCUT2D eigenvalue weighted by molar-refractivity contribution is -0.137. The average molecular weight is 443 g/mol. The predicted molar refractivity (Wildman–Crippen MR) is 116 cm³/mol. The second kappa shape index (κ2) is 8.80. The average Bonchev–Trinajstić information content (AvgIpc) is 3.20. The van der Waals surface area contributed by atoms with Gasteiger partial charge in [0.1, 0.15) is 10.3 Å². The number of carboxylic acid groups (broad SMARTS) is 1. The first-order chi connectivity index (χ1) is 14.5. The summed E-state index contributed by atoms with van der Waals surface area (Å²) in [6, 6.07) is 8.65. The number of pyridine rings is 1. The molecule has 0 aromatic carbocycles. The monoisotopic (exact) mass is 442 g/mol. The number of fused-ring (bicyclic) bond motifs is 2. The molecule has 0 aliphatic heterocycles. The minimum atomic E-state index is -0.850. The number of hydrogen-bond acceptors (Lipinski definition) is 7. The van der Waals surface area contributed by atoms with Crippen molar-refractivity contribution >= 4 is 44.9 Å². The van der Waals surface area contributed by atoms with E-state index in [0.29, 0.717) is 51.9 Å². The van der Waals surface area contributed by atoms with E-state index in [1.807, 2.05) is 11.4 Å². The molecule has 0 aliphatic rings. The molecule has 0 unspecified atom stereocenters. The van der Waals surface area contributed by atoms with Gasteiger partial charge in [0.15, 0.2) is 5.16 Å². The highest BCUT2D eigenvalue weighted by molar-refractivity contribution is 7.98. The zero-order valence-corrected chi connectivity index (χ0v) is 17.5. The van der Waals surface area contributed by atoms with Crippen LogP contribution in [0.2, 0.25) is 0 Å². The van der Waals surface area contributed by atoms with Crippen molar-refractivity contribution in [3.8, 4) is 0 Å². The van der Waals surface area contributed by atoms with Crippen LogP contribution in [0, 0.1) is 0 Å². The molecule has 1 N–H and O–H groups in total. The first-order valence-electron chi connectivity index (χ1n) is 9.33. The minimum Gasteiger partial charge on any atom is -0.481 e. The van der Waals surface area contributed by atoms with Crippen molar-refractivity contribution in [2.24, 2.45) is 0 Å². The molecule has 4 aromatic heterocycles. The van der Waals surface area contributed by atoms with Crippen molar-refractivity contribution in [1.82, 2.24) is 18.9 Å². The van der Waals surface area contributed by atoms with E-state index in [1.54, 1.807) is 29.0 Å². The topological polar surface area (TPSA) is 107 Å². The maximum absolute atomic E-state index is 12.9. The Morgan fingerprint density at radius 3 is 2.87 bits per heavy atom. The molecule has 4 rings (SSSR count). The van der Waals surface area contributed by atoms with Gasteiger partial charge in [0, 0.05) is 31.0 Å². The van der Waals surface area contributed by atoms with E-state index in [2.05, 4.69) is 9.97 Å². The lowest BCUT2D eigenvalue weighted by Crippen LogP contribution is -2.23. The van der Waals surface area contributed by atoms with Crippen LogP contribution in [0.1, 0.15) is 25.0 Å². The van der Waals surface area contributed by atoms with Gasteiger partial charge in [-0.05, 0) is 36.4 Å². The molecular formula is C20H18N4O4S2. The van der Waals surface area contributed by atoms with Crippen LogP contribution in [0.15, 0.2) is 56.7 Å². The molecule has 0 amide bonds. The Hall–Kier alpha value is -2.98.